The zero-order chi connectivity index (χ0) is 28.2. The van der Waals surface area contributed by atoms with Gasteiger partial charge in [0.1, 0.15) is 5.75 Å². The number of hydrazone groups is 1. The number of rotatable bonds is 13. The highest BCUT2D eigenvalue weighted by Crippen LogP contribution is 2.34. The standard InChI is InChI=1S/C28H34N4O7/c1-5-7-14-38-21-11-8-19(9-12-21)16-29-32-24(33)17-39-22-13-10-20(15-23(22)36-4)26-25(27(34)37-6-2)18(3)30-28(35)31-26/h8-13,15-16,26H,5-7,14,17H2,1-4H3,(H,32,33)(H2,30,31,35)/b29-16-/t26-/m1/s1. The van der Waals surface area contributed by atoms with E-state index >= 15 is 0 Å². The van der Waals surface area contributed by atoms with Crippen LogP contribution in [-0.2, 0) is 14.3 Å². The number of urea groups is 1. The molecule has 11 nitrogen and oxygen atoms in total. The molecule has 3 N–H and O–H groups in total. The van der Waals surface area contributed by atoms with Crippen LogP contribution in [-0.4, -0.2) is 51.1 Å². The Hall–Kier alpha value is -4.54. The first-order valence-electron chi connectivity index (χ1n) is 12.7. The number of carbonyl (C=O) groups is 3. The first-order chi connectivity index (χ1) is 18.9. The molecule has 1 aliphatic heterocycles. The highest BCUT2D eigenvalue weighted by Gasteiger charge is 2.32. The third-order valence-electron chi connectivity index (χ3n) is 5.69. The number of methoxy groups -OCH3 is 1. The normalized spacial score (nSPS) is 14.9. The quantitative estimate of drug-likeness (QED) is 0.153. The SMILES string of the molecule is CCCCOc1ccc(/C=N\NC(=O)COc2ccc([C@H]3NC(=O)NC(C)=C3C(=O)OCC)cc2OC)cc1. The van der Waals surface area contributed by atoms with Crippen molar-refractivity contribution in [2.24, 2.45) is 5.10 Å². The maximum atomic E-state index is 12.5. The molecular formula is C28H34N4O7. The van der Waals surface area contributed by atoms with Gasteiger partial charge < -0.3 is 29.6 Å². The zero-order valence-corrected chi connectivity index (χ0v) is 22.5. The van der Waals surface area contributed by atoms with Crippen LogP contribution in [0, 0.1) is 0 Å². The molecule has 3 rings (SSSR count). The summed E-state index contributed by atoms with van der Waals surface area (Å²) in [5.41, 5.74) is 4.47. The first kappa shape index (κ1) is 29.0. The van der Waals surface area contributed by atoms with Crippen LogP contribution >= 0.6 is 0 Å². The molecule has 1 aliphatic rings. The maximum absolute atomic E-state index is 12.5. The summed E-state index contributed by atoms with van der Waals surface area (Å²) in [7, 11) is 1.45. The van der Waals surface area contributed by atoms with Gasteiger partial charge in [0.05, 0.1) is 38.2 Å². The smallest absolute Gasteiger partial charge is 0.338 e. The molecule has 0 radical (unpaired) electrons. The average Bonchev–Trinajstić information content (AvgIpc) is 2.92. The molecule has 2 aromatic carbocycles. The van der Waals surface area contributed by atoms with Gasteiger partial charge in [0.25, 0.3) is 5.91 Å². The lowest BCUT2D eigenvalue weighted by molar-refractivity contribution is -0.139. The molecule has 0 aliphatic carbocycles. The number of carbonyl (C=O) groups excluding carboxylic acids is 3. The Balaban J connectivity index is 1.60. The van der Waals surface area contributed by atoms with E-state index in [0.29, 0.717) is 29.4 Å². The van der Waals surface area contributed by atoms with Gasteiger partial charge in [-0.3, -0.25) is 4.79 Å². The van der Waals surface area contributed by atoms with Gasteiger partial charge in [0, 0.05) is 5.70 Å². The number of ether oxygens (including phenoxy) is 4. The minimum absolute atomic E-state index is 0.193. The third kappa shape index (κ3) is 8.22. The van der Waals surface area contributed by atoms with E-state index in [9.17, 15) is 14.4 Å². The van der Waals surface area contributed by atoms with Gasteiger partial charge in [-0.1, -0.05) is 19.4 Å². The van der Waals surface area contributed by atoms with Gasteiger partial charge in [-0.15, -0.1) is 0 Å². The third-order valence-corrected chi connectivity index (χ3v) is 5.69. The van der Waals surface area contributed by atoms with E-state index in [1.165, 1.54) is 13.3 Å². The molecular weight excluding hydrogens is 504 g/mol. The summed E-state index contributed by atoms with van der Waals surface area (Å²) in [5, 5.41) is 9.28. The lowest BCUT2D eigenvalue weighted by atomic mass is 9.95. The molecule has 208 valence electrons. The van der Waals surface area contributed by atoms with Gasteiger partial charge in [-0.05, 0) is 67.8 Å². The summed E-state index contributed by atoms with van der Waals surface area (Å²) in [5.74, 6) is 0.395. The van der Waals surface area contributed by atoms with Crippen LogP contribution in [0.1, 0.15) is 50.8 Å². The van der Waals surface area contributed by atoms with Crippen molar-refractivity contribution in [2.75, 3.05) is 26.9 Å². The molecule has 0 saturated carbocycles. The van der Waals surface area contributed by atoms with E-state index < -0.39 is 23.9 Å². The molecule has 0 saturated heterocycles. The molecule has 0 bridgehead atoms. The van der Waals surface area contributed by atoms with Gasteiger partial charge in [0.2, 0.25) is 0 Å². The number of hydrogen-bond acceptors (Lipinski definition) is 8. The van der Waals surface area contributed by atoms with E-state index in [2.05, 4.69) is 28.1 Å². The van der Waals surface area contributed by atoms with Crippen LogP contribution in [0.3, 0.4) is 0 Å². The Morgan fingerprint density at radius 2 is 1.85 bits per heavy atom. The van der Waals surface area contributed by atoms with Crippen molar-refractivity contribution < 1.29 is 33.3 Å². The van der Waals surface area contributed by atoms with E-state index in [1.54, 1.807) is 32.0 Å². The van der Waals surface area contributed by atoms with E-state index in [4.69, 9.17) is 18.9 Å². The van der Waals surface area contributed by atoms with Crippen molar-refractivity contribution in [1.29, 1.82) is 0 Å². The number of allylic oxidation sites excluding steroid dienone is 1. The second-order valence-electron chi connectivity index (χ2n) is 8.55. The Kier molecular flexibility index (Phi) is 10.7. The van der Waals surface area contributed by atoms with Crippen molar-refractivity contribution in [3.8, 4) is 17.2 Å². The highest BCUT2D eigenvalue weighted by molar-refractivity contribution is 5.95. The minimum atomic E-state index is -0.754. The fourth-order valence-corrected chi connectivity index (χ4v) is 3.75. The summed E-state index contributed by atoms with van der Waals surface area (Å²) in [4.78, 5) is 36.9. The first-order valence-corrected chi connectivity index (χ1v) is 12.7. The van der Waals surface area contributed by atoms with Gasteiger partial charge >= 0.3 is 12.0 Å². The summed E-state index contributed by atoms with van der Waals surface area (Å²) >= 11 is 0. The fourth-order valence-electron chi connectivity index (χ4n) is 3.75. The number of esters is 1. The monoisotopic (exact) mass is 538 g/mol. The van der Waals surface area contributed by atoms with Crippen LogP contribution in [0.15, 0.2) is 58.8 Å². The van der Waals surface area contributed by atoms with Crippen molar-refractivity contribution in [3.05, 3.63) is 64.9 Å². The molecule has 39 heavy (non-hydrogen) atoms. The molecule has 0 aromatic heterocycles. The molecule has 1 atom stereocenters. The Morgan fingerprint density at radius 3 is 2.54 bits per heavy atom. The number of unbranched alkanes of at least 4 members (excludes halogenated alkanes) is 1. The van der Waals surface area contributed by atoms with E-state index in [1.807, 2.05) is 24.3 Å². The van der Waals surface area contributed by atoms with Gasteiger partial charge in [0.15, 0.2) is 18.1 Å². The summed E-state index contributed by atoms with van der Waals surface area (Å²) < 4.78 is 21.8. The lowest BCUT2D eigenvalue weighted by Gasteiger charge is -2.28. The number of nitrogens with zero attached hydrogens (tertiary/aromatic N) is 1. The summed E-state index contributed by atoms with van der Waals surface area (Å²) in [6.45, 7) is 6.00. The lowest BCUT2D eigenvalue weighted by Crippen LogP contribution is -2.45. The van der Waals surface area contributed by atoms with Crippen molar-refractivity contribution in [1.82, 2.24) is 16.1 Å². The predicted octanol–water partition coefficient (Wildman–Crippen LogP) is 3.59. The zero-order valence-electron chi connectivity index (χ0n) is 22.5. The second-order valence-corrected chi connectivity index (χ2v) is 8.55. The van der Waals surface area contributed by atoms with Gasteiger partial charge in [-0.25, -0.2) is 15.0 Å². The molecule has 0 fully saturated rings. The Bertz CT molecular complexity index is 1220. The van der Waals surface area contributed by atoms with Crippen molar-refractivity contribution in [3.63, 3.8) is 0 Å². The van der Waals surface area contributed by atoms with Crippen LogP contribution in [0.4, 0.5) is 4.79 Å². The fraction of sp³-hybridized carbons (Fsp3) is 0.357. The van der Waals surface area contributed by atoms with Gasteiger partial charge in [-0.2, -0.15) is 5.10 Å². The number of benzene rings is 2. The van der Waals surface area contributed by atoms with Crippen LogP contribution in [0.2, 0.25) is 0 Å². The average molecular weight is 539 g/mol. The predicted molar refractivity (Wildman–Crippen MR) is 145 cm³/mol. The molecule has 11 heteroatoms. The molecule has 1 heterocycles. The molecule has 0 spiro atoms. The maximum Gasteiger partial charge on any atom is 0.338 e. The number of hydrogen-bond donors (Lipinski definition) is 3. The summed E-state index contributed by atoms with van der Waals surface area (Å²) in [6, 6.07) is 11.1. The van der Waals surface area contributed by atoms with E-state index in [0.717, 1.165) is 24.2 Å². The van der Waals surface area contributed by atoms with Crippen molar-refractivity contribution in [2.45, 2.75) is 39.7 Å². The van der Waals surface area contributed by atoms with Crippen LogP contribution in [0.25, 0.3) is 0 Å². The molecule has 2 aromatic rings. The highest BCUT2D eigenvalue weighted by atomic mass is 16.5. The van der Waals surface area contributed by atoms with Crippen LogP contribution in [0.5, 0.6) is 17.2 Å². The minimum Gasteiger partial charge on any atom is -0.494 e. The van der Waals surface area contributed by atoms with Crippen molar-refractivity contribution >= 4 is 24.1 Å². The summed E-state index contributed by atoms with van der Waals surface area (Å²) in [6.07, 6.45) is 3.59. The number of nitrogens with one attached hydrogen (secondary N) is 3. The molecule has 0 unspecified atom stereocenters. The molecule has 3 amide bonds. The Morgan fingerprint density at radius 1 is 1.08 bits per heavy atom. The Labute approximate surface area is 227 Å². The number of amides is 3. The second kappa shape index (κ2) is 14.4. The topological polar surface area (TPSA) is 137 Å². The van der Waals surface area contributed by atoms with E-state index in [-0.39, 0.29) is 18.8 Å². The van der Waals surface area contributed by atoms with Crippen LogP contribution < -0.4 is 30.3 Å². The largest absolute Gasteiger partial charge is 0.494 e.